The molecule has 0 saturated carbocycles. The van der Waals surface area contributed by atoms with Gasteiger partial charge >= 0.3 is 5.69 Å². The standard InChI is InChI=1S/C22H24N6O5S/c1-3-5-10-28-18-17(19(29)24-21(28)30)27(4-2)16(23-18)12-34-22-26-25-20(33-22)15-11-31-13-8-6-7-9-14(13)32-15/h6-9,15H,3-5,10-12H2,1-2H3,(H,24,29,30). The molecule has 5 rings (SSSR count). The second-order valence-corrected chi connectivity index (χ2v) is 8.69. The first-order valence-electron chi connectivity index (χ1n) is 11.2. The van der Waals surface area contributed by atoms with Crippen molar-refractivity contribution in [2.75, 3.05) is 6.61 Å². The average molecular weight is 485 g/mol. The van der Waals surface area contributed by atoms with Crippen molar-refractivity contribution in [3.63, 3.8) is 0 Å². The Labute approximate surface area is 198 Å². The quantitative estimate of drug-likeness (QED) is 0.375. The maximum atomic E-state index is 12.6. The van der Waals surface area contributed by atoms with Gasteiger partial charge in [-0.15, -0.1) is 10.2 Å². The van der Waals surface area contributed by atoms with Gasteiger partial charge in [0.1, 0.15) is 12.4 Å². The second kappa shape index (κ2) is 9.37. The Morgan fingerprint density at radius 1 is 1.15 bits per heavy atom. The van der Waals surface area contributed by atoms with Crippen LogP contribution in [0, 0.1) is 0 Å². The van der Waals surface area contributed by atoms with Gasteiger partial charge in [-0.1, -0.05) is 37.2 Å². The molecule has 1 aliphatic heterocycles. The lowest BCUT2D eigenvalue weighted by Crippen LogP contribution is -2.31. The minimum Gasteiger partial charge on any atom is -0.485 e. The molecule has 12 heteroatoms. The summed E-state index contributed by atoms with van der Waals surface area (Å²) in [5, 5.41) is 8.58. The summed E-state index contributed by atoms with van der Waals surface area (Å²) in [5.41, 5.74) is -0.0828. The summed E-state index contributed by atoms with van der Waals surface area (Å²) in [7, 11) is 0. The van der Waals surface area contributed by atoms with E-state index in [4.69, 9.17) is 13.9 Å². The molecule has 178 valence electrons. The number of hydrogen-bond acceptors (Lipinski definition) is 9. The van der Waals surface area contributed by atoms with Crippen LogP contribution in [0.2, 0.25) is 0 Å². The van der Waals surface area contributed by atoms with Crippen molar-refractivity contribution in [2.45, 2.75) is 56.9 Å². The fourth-order valence-corrected chi connectivity index (χ4v) is 4.58. The average Bonchev–Trinajstić information content (AvgIpc) is 3.47. The van der Waals surface area contributed by atoms with Crippen LogP contribution >= 0.6 is 11.8 Å². The Balaban J connectivity index is 1.37. The van der Waals surface area contributed by atoms with Crippen molar-refractivity contribution in [3.05, 3.63) is 56.8 Å². The highest BCUT2D eigenvalue weighted by Gasteiger charge is 2.27. The largest absolute Gasteiger partial charge is 0.485 e. The summed E-state index contributed by atoms with van der Waals surface area (Å²) >= 11 is 1.30. The number of H-pyrrole nitrogens is 1. The van der Waals surface area contributed by atoms with Crippen molar-refractivity contribution in [3.8, 4) is 11.5 Å². The number of hydrogen-bond donors (Lipinski definition) is 1. The van der Waals surface area contributed by atoms with E-state index in [1.54, 1.807) is 0 Å². The lowest BCUT2D eigenvalue weighted by atomic mass is 10.2. The van der Waals surface area contributed by atoms with E-state index in [0.717, 1.165) is 12.8 Å². The molecule has 34 heavy (non-hydrogen) atoms. The van der Waals surface area contributed by atoms with Crippen LogP contribution in [0.4, 0.5) is 0 Å². The summed E-state index contributed by atoms with van der Waals surface area (Å²) in [4.78, 5) is 32.0. The topological polar surface area (TPSA) is 130 Å². The number of ether oxygens (including phenoxy) is 2. The number of aromatic amines is 1. The van der Waals surface area contributed by atoms with E-state index in [2.05, 4.69) is 20.2 Å². The SMILES string of the molecule is CCCCn1c(=O)[nH]c(=O)c2c1nc(CSc1nnc(C3COc4ccccc4O3)o1)n2CC. The van der Waals surface area contributed by atoms with Crippen LogP contribution < -0.4 is 20.7 Å². The summed E-state index contributed by atoms with van der Waals surface area (Å²) in [6, 6.07) is 7.41. The number of nitrogens with zero attached hydrogens (tertiary/aromatic N) is 5. The van der Waals surface area contributed by atoms with Gasteiger partial charge in [-0.3, -0.25) is 14.3 Å². The number of para-hydroxylation sites is 2. The minimum atomic E-state index is -0.497. The van der Waals surface area contributed by atoms with Crippen LogP contribution in [-0.4, -0.2) is 35.9 Å². The minimum absolute atomic E-state index is 0.271. The Morgan fingerprint density at radius 2 is 1.97 bits per heavy atom. The first-order valence-corrected chi connectivity index (χ1v) is 12.1. The highest BCUT2D eigenvalue weighted by Crippen LogP contribution is 2.36. The molecule has 0 bridgehead atoms. The number of aromatic nitrogens is 6. The molecular weight excluding hydrogens is 460 g/mol. The molecule has 1 atom stereocenters. The van der Waals surface area contributed by atoms with Gasteiger partial charge in [0, 0.05) is 13.1 Å². The van der Waals surface area contributed by atoms with Gasteiger partial charge in [0.05, 0.1) is 5.75 Å². The lowest BCUT2D eigenvalue weighted by molar-refractivity contribution is 0.0686. The van der Waals surface area contributed by atoms with Crippen LogP contribution in [0.3, 0.4) is 0 Å². The third-order valence-electron chi connectivity index (χ3n) is 5.55. The Morgan fingerprint density at radius 3 is 2.76 bits per heavy atom. The molecule has 11 nitrogen and oxygen atoms in total. The fourth-order valence-electron chi connectivity index (χ4n) is 3.87. The number of imidazole rings is 1. The molecular formula is C22H24N6O5S. The highest BCUT2D eigenvalue weighted by atomic mass is 32.2. The predicted molar refractivity (Wildman–Crippen MR) is 124 cm³/mol. The van der Waals surface area contributed by atoms with E-state index in [1.807, 2.05) is 42.7 Å². The van der Waals surface area contributed by atoms with Crippen molar-refractivity contribution in [2.24, 2.45) is 0 Å². The number of benzene rings is 1. The molecule has 4 heterocycles. The van der Waals surface area contributed by atoms with Gasteiger partial charge < -0.3 is 18.5 Å². The van der Waals surface area contributed by atoms with Crippen LogP contribution in [-0.2, 0) is 18.8 Å². The van der Waals surface area contributed by atoms with E-state index < -0.39 is 17.4 Å². The Hall–Kier alpha value is -3.54. The fraction of sp³-hybridized carbons (Fsp3) is 0.409. The Kier molecular flexibility index (Phi) is 6.14. The molecule has 0 aliphatic carbocycles. The second-order valence-electron chi connectivity index (χ2n) is 7.77. The number of thioether (sulfide) groups is 1. The molecule has 0 saturated heterocycles. The first-order chi connectivity index (χ1) is 16.6. The smallest absolute Gasteiger partial charge is 0.330 e. The summed E-state index contributed by atoms with van der Waals surface area (Å²) in [6.07, 6.45) is 1.24. The van der Waals surface area contributed by atoms with Gasteiger partial charge in [0.25, 0.3) is 16.7 Å². The molecule has 1 N–H and O–H groups in total. The molecule has 0 spiro atoms. The van der Waals surface area contributed by atoms with Gasteiger partial charge in [-0.05, 0) is 25.5 Å². The summed E-state index contributed by atoms with van der Waals surface area (Å²) < 4.78 is 20.8. The Bertz CT molecular complexity index is 1440. The third-order valence-corrected chi connectivity index (χ3v) is 6.36. The maximum absolute atomic E-state index is 12.6. The highest BCUT2D eigenvalue weighted by molar-refractivity contribution is 7.98. The molecule has 1 aliphatic rings. The predicted octanol–water partition coefficient (Wildman–Crippen LogP) is 2.89. The molecule has 1 unspecified atom stereocenters. The van der Waals surface area contributed by atoms with Gasteiger partial charge in [-0.25, -0.2) is 9.78 Å². The molecule has 0 amide bonds. The monoisotopic (exact) mass is 484 g/mol. The summed E-state index contributed by atoms with van der Waals surface area (Å²) in [5.74, 6) is 2.66. The number of unbranched alkanes of at least 4 members (excludes halogenated alkanes) is 1. The zero-order chi connectivity index (χ0) is 23.7. The van der Waals surface area contributed by atoms with Crippen LogP contribution in [0.5, 0.6) is 11.5 Å². The molecule has 0 radical (unpaired) electrons. The van der Waals surface area contributed by atoms with Crippen molar-refractivity contribution in [1.82, 2.24) is 29.3 Å². The maximum Gasteiger partial charge on any atom is 0.330 e. The van der Waals surface area contributed by atoms with E-state index in [0.29, 0.717) is 58.4 Å². The molecule has 1 aromatic carbocycles. The van der Waals surface area contributed by atoms with Gasteiger partial charge in [0.15, 0.2) is 22.7 Å². The van der Waals surface area contributed by atoms with Gasteiger partial charge in [0.2, 0.25) is 6.10 Å². The van der Waals surface area contributed by atoms with Crippen molar-refractivity contribution >= 4 is 22.9 Å². The van der Waals surface area contributed by atoms with Gasteiger partial charge in [-0.2, -0.15) is 0 Å². The van der Waals surface area contributed by atoms with E-state index in [1.165, 1.54) is 16.3 Å². The zero-order valence-corrected chi connectivity index (χ0v) is 19.6. The zero-order valence-electron chi connectivity index (χ0n) is 18.8. The molecule has 4 aromatic rings. The van der Waals surface area contributed by atoms with E-state index in [-0.39, 0.29) is 6.61 Å². The number of fused-ring (bicyclic) bond motifs is 2. The normalized spacial score (nSPS) is 15.2. The molecule has 0 fully saturated rings. The first kappa shape index (κ1) is 22.3. The van der Waals surface area contributed by atoms with Crippen LogP contribution in [0.1, 0.15) is 44.5 Å². The van der Waals surface area contributed by atoms with Crippen molar-refractivity contribution in [1.29, 1.82) is 0 Å². The van der Waals surface area contributed by atoms with E-state index >= 15 is 0 Å². The summed E-state index contributed by atoms with van der Waals surface area (Å²) in [6.45, 7) is 5.27. The molecule has 3 aromatic heterocycles. The van der Waals surface area contributed by atoms with Crippen molar-refractivity contribution < 1.29 is 13.9 Å². The van der Waals surface area contributed by atoms with E-state index in [9.17, 15) is 9.59 Å². The number of aryl methyl sites for hydroxylation is 2. The third kappa shape index (κ3) is 4.09. The lowest BCUT2D eigenvalue weighted by Gasteiger charge is -2.23. The number of rotatable bonds is 8. The number of nitrogens with one attached hydrogen (secondary N) is 1. The van der Waals surface area contributed by atoms with Crippen LogP contribution in [0.15, 0.2) is 43.5 Å². The van der Waals surface area contributed by atoms with Crippen LogP contribution in [0.25, 0.3) is 11.2 Å².